The van der Waals surface area contributed by atoms with Gasteiger partial charge in [0.15, 0.2) is 0 Å². The van der Waals surface area contributed by atoms with Gasteiger partial charge in [-0.05, 0) is 6.92 Å². The number of aliphatic carboxylic acids is 1. The summed E-state index contributed by atoms with van der Waals surface area (Å²) in [4.78, 5) is 17.6. The molecule has 1 aromatic rings. The lowest BCUT2D eigenvalue weighted by atomic mass is 9.99. The average molecular weight is 234 g/mol. The highest BCUT2D eigenvalue weighted by atomic mass is 19.4. The summed E-state index contributed by atoms with van der Waals surface area (Å²) < 4.78 is 37.8. The van der Waals surface area contributed by atoms with E-state index in [1.165, 1.54) is 13.1 Å². The summed E-state index contributed by atoms with van der Waals surface area (Å²) in [6, 6.07) is 0. The van der Waals surface area contributed by atoms with Crippen molar-refractivity contribution in [3.05, 3.63) is 23.8 Å². The summed E-state index contributed by atoms with van der Waals surface area (Å²) in [5, 5.41) is 8.45. The van der Waals surface area contributed by atoms with Gasteiger partial charge in [-0.1, -0.05) is 0 Å². The van der Waals surface area contributed by atoms with Gasteiger partial charge in [0.25, 0.3) is 0 Å². The highest BCUT2D eigenvalue weighted by Crippen LogP contribution is 2.37. The lowest BCUT2D eigenvalue weighted by molar-refractivity contribution is -0.164. The minimum absolute atomic E-state index is 0.0890. The molecule has 0 radical (unpaired) electrons. The van der Waals surface area contributed by atoms with Crippen molar-refractivity contribution < 1.29 is 23.1 Å². The number of carboxylic acids is 1. The Kier molecular flexibility index (Phi) is 3.46. The molecular weight excluding hydrogens is 225 g/mol. The molecule has 1 rings (SSSR count). The Bertz CT molecular complexity index is 393. The first-order chi connectivity index (χ1) is 7.32. The summed E-state index contributed by atoms with van der Waals surface area (Å²) >= 11 is 0. The van der Waals surface area contributed by atoms with Crippen LogP contribution in [0.1, 0.15) is 23.7 Å². The van der Waals surface area contributed by atoms with Crippen molar-refractivity contribution in [3.8, 4) is 0 Å². The molecule has 0 fully saturated rings. The predicted molar refractivity (Wildman–Crippen MR) is 47.8 cm³/mol. The fourth-order valence-corrected chi connectivity index (χ4v) is 1.30. The summed E-state index contributed by atoms with van der Waals surface area (Å²) in [6.45, 7) is 1.36. The molecule has 4 nitrogen and oxygen atoms in total. The Morgan fingerprint density at radius 3 is 2.44 bits per heavy atom. The molecule has 1 unspecified atom stereocenters. The molecule has 1 atom stereocenters. The Morgan fingerprint density at radius 2 is 2.00 bits per heavy atom. The van der Waals surface area contributed by atoms with Crippen LogP contribution in [0.2, 0.25) is 0 Å². The van der Waals surface area contributed by atoms with Gasteiger partial charge in [0, 0.05) is 12.4 Å². The first-order valence-corrected chi connectivity index (χ1v) is 4.38. The number of halogens is 3. The second-order valence-corrected chi connectivity index (χ2v) is 3.22. The molecule has 0 saturated heterocycles. The van der Waals surface area contributed by atoms with Crippen LogP contribution in [0, 0.1) is 6.92 Å². The number of rotatable bonds is 3. The molecule has 0 saturated carbocycles. The van der Waals surface area contributed by atoms with Gasteiger partial charge in [-0.3, -0.25) is 14.8 Å². The number of nitrogens with zero attached hydrogens (tertiary/aromatic N) is 2. The van der Waals surface area contributed by atoms with E-state index in [4.69, 9.17) is 5.11 Å². The van der Waals surface area contributed by atoms with Crippen molar-refractivity contribution in [2.45, 2.75) is 25.4 Å². The molecule has 1 N–H and O–H groups in total. The summed E-state index contributed by atoms with van der Waals surface area (Å²) in [5.74, 6) is -3.63. The highest BCUT2D eigenvalue weighted by molar-refractivity contribution is 5.68. The number of hydrogen-bond donors (Lipinski definition) is 1. The van der Waals surface area contributed by atoms with Crippen LogP contribution in [-0.4, -0.2) is 27.2 Å². The molecule has 0 aromatic carbocycles. The topological polar surface area (TPSA) is 63.1 Å². The average Bonchev–Trinajstić information content (AvgIpc) is 2.13. The van der Waals surface area contributed by atoms with Crippen LogP contribution in [0.15, 0.2) is 12.4 Å². The third kappa shape index (κ3) is 2.91. The van der Waals surface area contributed by atoms with Crippen molar-refractivity contribution in [2.24, 2.45) is 0 Å². The third-order valence-electron chi connectivity index (χ3n) is 2.02. The van der Waals surface area contributed by atoms with Crippen molar-refractivity contribution in [3.63, 3.8) is 0 Å². The SMILES string of the molecule is Cc1nccnc1C(CC(=O)O)C(F)(F)F. The highest BCUT2D eigenvalue weighted by Gasteiger charge is 2.43. The van der Waals surface area contributed by atoms with Gasteiger partial charge in [0.1, 0.15) is 5.92 Å². The van der Waals surface area contributed by atoms with Gasteiger partial charge in [0.2, 0.25) is 0 Å². The van der Waals surface area contributed by atoms with Crippen LogP contribution in [0.25, 0.3) is 0 Å². The van der Waals surface area contributed by atoms with E-state index in [2.05, 4.69) is 9.97 Å². The van der Waals surface area contributed by atoms with E-state index in [9.17, 15) is 18.0 Å². The van der Waals surface area contributed by atoms with Gasteiger partial charge >= 0.3 is 12.1 Å². The van der Waals surface area contributed by atoms with Crippen LogP contribution in [0.4, 0.5) is 13.2 Å². The van der Waals surface area contributed by atoms with Crippen LogP contribution in [-0.2, 0) is 4.79 Å². The molecule has 1 heterocycles. The largest absolute Gasteiger partial charge is 0.481 e. The van der Waals surface area contributed by atoms with Crippen molar-refractivity contribution in [2.75, 3.05) is 0 Å². The first-order valence-electron chi connectivity index (χ1n) is 4.38. The Hall–Kier alpha value is -1.66. The van der Waals surface area contributed by atoms with Crippen molar-refractivity contribution in [1.82, 2.24) is 9.97 Å². The molecule has 16 heavy (non-hydrogen) atoms. The lowest BCUT2D eigenvalue weighted by Crippen LogP contribution is -2.25. The Morgan fingerprint density at radius 1 is 1.44 bits per heavy atom. The van der Waals surface area contributed by atoms with E-state index in [0.717, 1.165) is 6.20 Å². The number of aromatic nitrogens is 2. The zero-order chi connectivity index (χ0) is 12.3. The zero-order valence-electron chi connectivity index (χ0n) is 8.32. The van der Waals surface area contributed by atoms with E-state index < -0.39 is 24.5 Å². The molecule has 88 valence electrons. The molecule has 7 heteroatoms. The maximum absolute atomic E-state index is 12.6. The van der Waals surface area contributed by atoms with Gasteiger partial charge in [-0.15, -0.1) is 0 Å². The van der Waals surface area contributed by atoms with Gasteiger partial charge < -0.3 is 5.11 Å². The zero-order valence-corrected chi connectivity index (χ0v) is 8.32. The fraction of sp³-hybridized carbons (Fsp3) is 0.444. The van der Waals surface area contributed by atoms with Crippen molar-refractivity contribution >= 4 is 5.97 Å². The molecule has 0 aliphatic rings. The van der Waals surface area contributed by atoms with E-state index in [1.54, 1.807) is 0 Å². The second-order valence-electron chi connectivity index (χ2n) is 3.22. The van der Waals surface area contributed by atoms with E-state index in [0.29, 0.717) is 0 Å². The first kappa shape index (κ1) is 12.4. The predicted octanol–water partition coefficient (Wildman–Crippen LogP) is 1.91. The second kappa shape index (κ2) is 4.46. The Balaban J connectivity index is 3.12. The van der Waals surface area contributed by atoms with Crippen LogP contribution in [0.5, 0.6) is 0 Å². The number of hydrogen-bond acceptors (Lipinski definition) is 3. The maximum Gasteiger partial charge on any atom is 0.397 e. The molecule has 0 amide bonds. The standard InChI is InChI=1S/C9H9F3N2O2/c1-5-8(14-3-2-13-5)6(4-7(15)16)9(10,11)12/h2-3,6H,4H2,1H3,(H,15,16). The Labute approximate surface area is 89.1 Å². The number of carbonyl (C=O) groups is 1. The van der Waals surface area contributed by atoms with Crippen molar-refractivity contribution in [1.29, 1.82) is 0 Å². The van der Waals surface area contributed by atoms with Crippen LogP contribution >= 0.6 is 0 Å². The van der Waals surface area contributed by atoms with Crippen LogP contribution in [0.3, 0.4) is 0 Å². The number of carboxylic acid groups (broad SMARTS) is 1. The van der Waals surface area contributed by atoms with E-state index in [1.807, 2.05) is 0 Å². The fourth-order valence-electron chi connectivity index (χ4n) is 1.30. The van der Waals surface area contributed by atoms with Gasteiger partial charge in [0.05, 0.1) is 17.8 Å². The van der Waals surface area contributed by atoms with E-state index in [-0.39, 0.29) is 11.4 Å². The minimum Gasteiger partial charge on any atom is -0.481 e. The molecule has 1 aromatic heterocycles. The quantitative estimate of drug-likeness (QED) is 0.867. The number of alkyl halides is 3. The molecule has 0 bridgehead atoms. The molecule has 0 aliphatic carbocycles. The normalized spacial score (nSPS) is 13.5. The maximum atomic E-state index is 12.6. The third-order valence-corrected chi connectivity index (χ3v) is 2.02. The summed E-state index contributed by atoms with van der Waals surface area (Å²) in [6.07, 6.45) is -3.31. The molecular formula is C9H9F3N2O2. The summed E-state index contributed by atoms with van der Waals surface area (Å²) in [7, 11) is 0. The molecule has 0 spiro atoms. The smallest absolute Gasteiger partial charge is 0.397 e. The minimum atomic E-state index is -4.64. The summed E-state index contributed by atoms with van der Waals surface area (Å²) in [5.41, 5.74) is -0.247. The molecule has 0 aliphatic heterocycles. The monoisotopic (exact) mass is 234 g/mol. The lowest BCUT2D eigenvalue weighted by Gasteiger charge is -2.18. The number of aryl methyl sites for hydroxylation is 1. The van der Waals surface area contributed by atoms with Crippen LogP contribution < -0.4 is 0 Å². The van der Waals surface area contributed by atoms with E-state index >= 15 is 0 Å². The van der Waals surface area contributed by atoms with Gasteiger partial charge in [-0.2, -0.15) is 13.2 Å². The van der Waals surface area contributed by atoms with Gasteiger partial charge in [-0.25, -0.2) is 0 Å².